The zero-order valence-electron chi connectivity index (χ0n) is 19.6. The van der Waals surface area contributed by atoms with Crippen molar-refractivity contribution in [1.29, 1.82) is 0 Å². The summed E-state index contributed by atoms with van der Waals surface area (Å²) in [5.41, 5.74) is 10.4. The molecule has 0 bridgehead atoms. The summed E-state index contributed by atoms with van der Waals surface area (Å²) in [7, 11) is 0.535. The minimum atomic E-state index is -1.52. The number of fused-ring (bicyclic) bond motifs is 2. The first-order valence-electron chi connectivity index (χ1n) is 11.4. The lowest BCUT2D eigenvalue weighted by Gasteiger charge is -2.26. The van der Waals surface area contributed by atoms with Gasteiger partial charge in [-0.3, -0.25) is 4.79 Å². The number of benzene rings is 2. The van der Waals surface area contributed by atoms with E-state index >= 15 is 0 Å². The van der Waals surface area contributed by atoms with E-state index in [0.717, 1.165) is 46.6 Å². The second-order valence-electron chi connectivity index (χ2n) is 8.86. The van der Waals surface area contributed by atoms with Crippen LogP contribution in [0.1, 0.15) is 32.9 Å². The fourth-order valence-electron chi connectivity index (χ4n) is 4.58. The summed E-state index contributed by atoms with van der Waals surface area (Å²) in [6.07, 6.45) is 0.806. The zero-order chi connectivity index (χ0) is 24.7. The Morgan fingerprint density at radius 2 is 2.03 bits per heavy atom. The smallest absolute Gasteiger partial charge is 0.460 e. The molecule has 1 amide bonds. The van der Waals surface area contributed by atoms with E-state index in [1.807, 2.05) is 19.1 Å². The highest BCUT2D eigenvalue weighted by atomic mass is 16.4. The molecule has 0 radical (unpaired) electrons. The van der Waals surface area contributed by atoms with Crippen molar-refractivity contribution in [2.24, 2.45) is 5.73 Å². The Kier molecular flexibility index (Phi) is 6.02. The number of carbonyl (C=O) groups is 1. The van der Waals surface area contributed by atoms with E-state index in [1.165, 1.54) is 0 Å². The maximum Gasteiger partial charge on any atom is 0.488 e. The number of carbonyl (C=O) groups excluding carboxylic acids is 1. The number of hydrogen-bond acceptors (Lipinski definition) is 8. The lowest BCUT2D eigenvalue weighted by molar-refractivity contribution is 0.100. The van der Waals surface area contributed by atoms with Crippen LogP contribution < -0.4 is 16.5 Å². The molecular weight excluding hydrogens is 445 g/mol. The van der Waals surface area contributed by atoms with E-state index in [4.69, 9.17) is 20.1 Å². The fraction of sp³-hybridized carbons (Fsp3) is 0.240. The predicted molar refractivity (Wildman–Crippen MR) is 134 cm³/mol. The van der Waals surface area contributed by atoms with Gasteiger partial charge in [0.05, 0.1) is 16.8 Å². The number of nitrogens with one attached hydrogen (secondary N) is 1. The Labute approximate surface area is 202 Å². The molecule has 0 unspecified atom stereocenters. The number of aromatic nitrogens is 2. The molecule has 9 nitrogen and oxygen atoms in total. The number of hydrogen-bond donors (Lipinski definition) is 4. The second kappa shape index (κ2) is 9.14. The van der Waals surface area contributed by atoms with E-state index < -0.39 is 13.0 Å². The molecule has 1 aliphatic heterocycles. The third kappa shape index (κ3) is 4.39. The van der Waals surface area contributed by atoms with Gasteiger partial charge in [-0.1, -0.05) is 36.4 Å². The number of furan rings is 1. The van der Waals surface area contributed by atoms with Crippen LogP contribution in [0.2, 0.25) is 0 Å². The highest BCUT2D eigenvalue weighted by molar-refractivity contribution is 6.58. The molecule has 178 valence electrons. The summed E-state index contributed by atoms with van der Waals surface area (Å²) in [4.78, 5) is 23.9. The molecule has 0 spiro atoms. The van der Waals surface area contributed by atoms with Gasteiger partial charge in [0, 0.05) is 30.6 Å². The standard InChI is InChI=1S/C25H26BN5O4/c1-14-21(18-7-4-8-19(23(27)32)22(18)35-14)25-29-20-13-31(2)10-9-17(20)24(30-25)28-12-15-5-3-6-16(11-15)26(33)34/h3-8,11,33-34H,9-10,12-13H2,1-2H3,(H2,27,32)(H,28,29,30). The van der Waals surface area contributed by atoms with Gasteiger partial charge in [-0.05, 0) is 37.5 Å². The molecule has 10 heteroatoms. The quantitative estimate of drug-likeness (QED) is 0.311. The van der Waals surface area contributed by atoms with Gasteiger partial charge in [0.15, 0.2) is 5.82 Å². The van der Waals surface area contributed by atoms with Crippen molar-refractivity contribution in [3.8, 4) is 11.4 Å². The first kappa shape index (κ1) is 23.0. The molecule has 0 fully saturated rings. The van der Waals surface area contributed by atoms with Gasteiger partial charge >= 0.3 is 7.12 Å². The van der Waals surface area contributed by atoms with Crippen LogP contribution in [0.15, 0.2) is 46.9 Å². The van der Waals surface area contributed by atoms with E-state index in [2.05, 4.69) is 17.3 Å². The van der Waals surface area contributed by atoms with Crippen LogP contribution >= 0.6 is 0 Å². The van der Waals surface area contributed by atoms with E-state index in [-0.39, 0.29) is 0 Å². The summed E-state index contributed by atoms with van der Waals surface area (Å²) >= 11 is 0. The van der Waals surface area contributed by atoms with Crippen LogP contribution in [0.4, 0.5) is 5.82 Å². The summed E-state index contributed by atoms with van der Waals surface area (Å²) in [6, 6.07) is 12.4. The average Bonchev–Trinajstić information content (AvgIpc) is 3.17. The minimum absolute atomic E-state index is 0.318. The lowest BCUT2D eigenvalue weighted by Crippen LogP contribution is -2.30. The summed E-state index contributed by atoms with van der Waals surface area (Å²) in [5.74, 6) is 1.29. The monoisotopic (exact) mass is 471 g/mol. The Bertz CT molecular complexity index is 1440. The van der Waals surface area contributed by atoms with E-state index in [0.29, 0.717) is 41.3 Å². The molecule has 4 aromatic rings. The van der Waals surface area contributed by atoms with Crippen molar-refractivity contribution >= 4 is 35.3 Å². The van der Waals surface area contributed by atoms with Gasteiger partial charge in [-0.2, -0.15) is 0 Å². The van der Waals surface area contributed by atoms with Crippen molar-refractivity contribution in [3.63, 3.8) is 0 Å². The number of para-hydroxylation sites is 1. The summed E-state index contributed by atoms with van der Waals surface area (Å²) in [5, 5.41) is 23.2. The third-order valence-electron chi connectivity index (χ3n) is 6.35. The number of anilines is 1. The molecule has 35 heavy (non-hydrogen) atoms. The molecule has 5 rings (SSSR count). The van der Waals surface area contributed by atoms with Crippen LogP contribution in [0, 0.1) is 6.92 Å². The number of primary amides is 1. The van der Waals surface area contributed by atoms with Crippen LogP contribution in [0.25, 0.3) is 22.4 Å². The average molecular weight is 471 g/mol. The highest BCUT2D eigenvalue weighted by Gasteiger charge is 2.25. The maximum atomic E-state index is 11.9. The molecule has 3 heterocycles. The summed E-state index contributed by atoms with van der Waals surface area (Å²) in [6.45, 7) is 3.86. The number of nitrogens with two attached hydrogens (primary N) is 1. The van der Waals surface area contributed by atoms with Crippen molar-refractivity contribution < 1.29 is 19.3 Å². The Morgan fingerprint density at radius 3 is 2.80 bits per heavy atom. The van der Waals surface area contributed by atoms with E-state index in [9.17, 15) is 14.8 Å². The van der Waals surface area contributed by atoms with Crippen LogP contribution in [-0.4, -0.2) is 51.5 Å². The topological polar surface area (TPSA) is 138 Å². The van der Waals surface area contributed by atoms with Gasteiger partial charge in [-0.25, -0.2) is 9.97 Å². The molecule has 2 aromatic carbocycles. The van der Waals surface area contributed by atoms with Crippen molar-refractivity contribution in [3.05, 3.63) is 70.6 Å². The van der Waals surface area contributed by atoms with Crippen molar-refractivity contribution in [2.45, 2.75) is 26.4 Å². The molecule has 0 aliphatic carbocycles. The summed E-state index contributed by atoms with van der Waals surface area (Å²) < 4.78 is 5.96. The van der Waals surface area contributed by atoms with Gasteiger partial charge < -0.3 is 30.4 Å². The van der Waals surface area contributed by atoms with Crippen molar-refractivity contribution in [2.75, 3.05) is 18.9 Å². The first-order chi connectivity index (χ1) is 16.8. The molecule has 1 aliphatic rings. The fourth-order valence-corrected chi connectivity index (χ4v) is 4.58. The Hall–Kier alpha value is -3.73. The highest BCUT2D eigenvalue weighted by Crippen LogP contribution is 2.36. The van der Waals surface area contributed by atoms with Gasteiger partial charge in [0.25, 0.3) is 5.91 Å². The number of amides is 1. The van der Waals surface area contributed by atoms with Gasteiger partial charge in [0.1, 0.15) is 17.2 Å². The van der Waals surface area contributed by atoms with Crippen LogP contribution in [0.3, 0.4) is 0 Å². The minimum Gasteiger partial charge on any atom is -0.460 e. The SMILES string of the molecule is Cc1oc2c(C(N)=O)cccc2c1-c1nc2c(c(NCc3cccc(B(O)O)c3)n1)CCN(C)C2. The van der Waals surface area contributed by atoms with Crippen LogP contribution in [-0.2, 0) is 19.5 Å². The second-order valence-corrected chi connectivity index (χ2v) is 8.86. The van der Waals surface area contributed by atoms with Gasteiger partial charge in [-0.15, -0.1) is 0 Å². The number of nitrogens with zero attached hydrogens (tertiary/aromatic N) is 3. The Balaban J connectivity index is 1.59. The normalized spacial score (nSPS) is 13.6. The number of likely N-dealkylation sites (N-methyl/N-ethyl adjacent to an activating group) is 1. The van der Waals surface area contributed by atoms with Crippen molar-refractivity contribution in [1.82, 2.24) is 14.9 Å². The third-order valence-corrected chi connectivity index (χ3v) is 6.35. The van der Waals surface area contributed by atoms with Gasteiger partial charge in [0.2, 0.25) is 0 Å². The number of rotatable bonds is 6. The predicted octanol–water partition coefficient (Wildman–Crippen LogP) is 1.58. The molecule has 0 saturated carbocycles. The largest absolute Gasteiger partial charge is 0.488 e. The first-order valence-corrected chi connectivity index (χ1v) is 11.4. The molecule has 2 aromatic heterocycles. The number of aryl methyl sites for hydroxylation is 1. The molecule has 0 saturated heterocycles. The lowest BCUT2D eigenvalue weighted by atomic mass is 9.79. The van der Waals surface area contributed by atoms with E-state index in [1.54, 1.807) is 30.3 Å². The molecule has 0 atom stereocenters. The molecule has 5 N–H and O–H groups in total. The zero-order valence-corrected chi connectivity index (χ0v) is 19.6. The Morgan fingerprint density at radius 1 is 1.23 bits per heavy atom. The maximum absolute atomic E-state index is 11.9. The van der Waals surface area contributed by atoms with Crippen LogP contribution in [0.5, 0.6) is 0 Å². The molecular formula is C25H26BN5O4.